The van der Waals surface area contributed by atoms with Crippen LogP contribution >= 0.6 is 39.7 Å². The van der Waals surface area contributed by atoms with Gasteiger partial charge >= 0.3 is 0 Å². The molecule has 0 heterocycles. The Morgan fingerprint density at radius 3 is 2.38 bits per heavy atom. The summed E-state index contributed by atoms with van der Waals surface area (Å²) in [6, 6.07) is 12.2. The Balaban J connectivity index is 1.66. The highest BCUT2D eigenvalue weighted by atomic mass is 79.9. The number of thiocarbonyl (C=S) groups is 1. The summed E-state index contributed by atoms with van der Waals surface area (Å²) in [5.41, 5.74) is 5.89. The van der Waals surface area contributed by atoms with Crippen molar-refractivity contribution in [1.82, 2.24) is 16.2 Å². The van der Waals surface area contributed by atoms with Crippen molar-refractivity contribution in [2.45, 2.75) is 13.3 Å². The van der Waals surface area contributed by atoms with E-state index in [0.717, 1.165) is 16.5 Å². The van der Waals surface area contributed by atoms with Gasteiger partial charge in [-0.3, -0.25) is 25.8 Å². The minimum absolute atomic E-state index is 0.0705. The van der Waals surface area contributed by atoms with Crippen molar-refractivity contribution in [3.63, 3.8) is 0 Å². The van der Waals surface area contributed by atoms with E-state index in [2.05, 4.69) is 32.1 Å². The highest BCUT2D eigenvalue weighted by molar-refractivity contribution is 9.10. The van der Waals surface area contributed by atoms with E-state index >= 15 is 0 Å². The number of carbonyl (C=O) groups is 2. The molecule has 0 aliphatic heterocycles. The molecule has 0 spiro atoms. The summed E-state index contributed by atoms with van der Waals surface area (Å²) in [4.78, 5) is 23.7. The Labute approximate surface area is 187 Å². The summed E-state index contributed by atoms with van der Waals surface area (Å²) in [5.74, 6) is 0.0907. The highest BCUT2D eigenvalue weighted by Crippen LogP contribution is 2.26. The second-order valence-electron chi connectivity index (χ2n) is 5.70. The largest absolute Gasteiger partial charge is 0.484 e. The SMILES string of the molecule is CCc1ccc(OCC(=O)NC(=S)NNC(=O)COc2ccc(Cl)cc2)c(Br)c1. The average Bonchev–Trinajstić information content (AvgIpc) is 2.70. The van der Waals surface area contributed by atoms with Crippen LogP contribution in [-0.2, 0) is 16.0 Å². The summed E-state index contributed by atoms with van der Waals surface area (Å²) >= 11 is 14.1. The molecule has 0 aromatic heterocycles. The first-order valence-corrected chi connectivity index (χ1v) is 10.1. The van der Waals surface area contributed by atoms with Crippen LogP contribution in [0.25, 0.3) is 0 Å². The van der Waals surface area contributed by atoms with Crippen molar-refractivity contribution in [2.24, 2.45) is 0 Å². The third kappa shape index (κ3) is 8.26. The normalized spacial score (nSPS) is 10.0. The molecule has 7 nitrogen and oxygen atoms in total. The number of hydrogen-bond donors (Lipinski definition) is 3. The van der Waals surface area contributed by atoms with Crippen molar-refractivity contribution in [1.29, 1.82) is 0 Å². The Morgan fingerprint density at radius 2 is 1.72 bits per heavy atom. The molecule has 10 heteroatoms. The Kier molecular flexibility index (Phi) is 9.17. The number of hydrazine groups is 1. The Hall–Kier alpha value is -2.36. The molecule has 3 N–H and O–H groups in total. The minimum atomic E-state index is -0.479. The molecule has 0 unspecified atom stereocenters. The molecular weight excluding hydrogens is 482 g/mol. The first kappa shape index (κ1) is 22.9. The third-order valence-electron chi connectivity index (χ3n) is 3.52. The maximum atomic E-state index is 11.9. The zero-order chi connectivity index (χ0) is 21.2. The van der Waals surface area contributed by atoms with Crippen LogP contribution in [0.2, 0.25) is 5.02 Å². The fourth-order valence-corrected chi connectivity index (χ4v) is 2.89. The van der Waals surface area contributed by atoms with Crippen LogP contribution in [0.3, 0.4) is 0 Å². The topological polar surface area (TPSA) is 88.7 Å². The van der Waals surface area contributed by atoms with Gasteiger partial charge in [0.25, 0.3) is 11.8 Å². The zero-order valence-electron chi connectivity index (χ0n) is 15.5. The molecule has 0 radical (unpaired) electrons. The Bertz CT molecular complexity index is 880. The van der Waals surface area contributed by atoms with Gasteiger partial charge in [-0.1, -0.05) is 24.6 Å². The number of ether oxygens (including phenoxy) is 2. The number of aryl methyl sites for hydroxylation is 1. The van der Waals surface area contributed by atoms with Gasteiger partial charge in [0.15, 0.2) is 18.3 Å². The molecule has 0 saturated carbocycles. The molecule has 0 aliphatic rings. The number of halogens is 2. The molecule has 0 saturated heterocycles. The van der Waals surface area contributed by atoms with E-state index in [1.807, 2.05) is 19.1 Å². The fourth-order valence-electron chi connectivity index (χ4n) is 2.06. The smallest absolute Gasteiger partial charge is 0.276 e. The van der Waals surface area contributed by atoms with Gasteiger partial charge in [-0.15, -0.1) is 0 Å². The van der Waals surface area contributed by atoms with Crippen molar-refractivity contribution in [3.05, 3.63) is 57.5 Å². The molecule has 29 heavy (non-hydrogen) atoms. The number of amides is 2. The van der Waals surface area contributed by atoms with E-state index in [0.29, 0.717) is 16.5 Å². The van der Waals surface area contributed by atoms with Gasteiger partial charge in [0, 0.05) is 5.02 Å². The molecular formula is C19H19BrClN3O4S. The number of benzene rings is 2. The second-order valence-corrected chi connectivity index (χ2v) is 7.40. The first-order chi connectivity index (χ1) is 13.9. The van der Waals surface area contributed by atoms with Gasteiger partial charge in [0.05, 0.1) is 4.47 Å². The lowest BCUT2D eigenvalue weighted by molar-refractivity contribution is -0.124. The molecule has 0 fully saturated rings. The number of hydrogen-bond acceptors (Lipinski definition) is 5. The van der Waals surface area contributed by atoms with E-state index in [4.69, 9.17) is 33.3 Å². The van der Waals surface area contributed by atoms with Crippen LogP contribution in [0.1, 0.15) is 12.5 Å². The lowest BCUT2D eigenvalue weighted by Gasteiger charge is -2.12. The van der Waals surface area contributed by atoms with Crippen LogP contribution in [-0.4, -0.2) is 30.1 Å². The van der Waals surface area contributed by atoms with Gasteiger partial charge in [-0.2, -0.15) is 0 Å². The summed E-state index contributed by atoms with van der Waals surface area (Å²) in [6.45, 7) is 1.57. The predicted molar refractivity (Wildman–Crippen MR) is 118 cm³/mol. The summed E-state index contributed by atoms with van der Waals surface area (Å²) < 4.78 is 11.5. The molecule has 2 rings (SSSR count). The average molecular weight is 501 g/mol. The fraction of sp³-hybridized carbons (Fsp3) is 0.211. The van der Waals surface area contributed by atoms with Crippen LogP contribution < -0.4 is 25.6 Å². The quantitative estimate of drug-likeness (QED) is 0.400. The van der Waals surface area contributed by atoms with E-state index in [9.17, 15) is 9.59 Å². The van der Waals surface area contributed by atoms with Crippen molar-refractivity contribution in [2.75, 3.05) is 13.2 Å². The van der Waals surface area contributed by atoms with Gasteiger partial charge in [0.1, 0.15) is 11.5 Å². The van der Waals surface area contributed by atoms with Gasteiger partial charge in [0.2, 0.25) is 0 Å². The van der Waals surface area contributed by atoms with Crippen molar-refractivity contribution < 1.29 is 19.1 Å². The third-order valence-corrected chi connectivity index (χ3v) is 4.59. The van der Waals surface area contributed by atoms with E-state index < -0.39 is 11.8 Å². The summed E-state index contributed by atoms with van der Waals surface area (Å²) in [5, 5.41) is 2.90. The summed E-state index contributed by atoms with van der Waals surface area (Å²) in [7, 11) is 0. The lowest BCUT2D eigenvalue weighted by atomic mass is 10.2. The lowest BCUT2D eigenvalue weighted by Crippen LogP contribution is -2.50. The monoisotopic (exact) mass is 499 g/mol. The van der Waals surface area contributed by atoms with Crippen LogP contribution in [0.15, 0.2) is 46.9 Å². The molecule has 2 aromatic carbocycles. The van der Waals surface area contributed by atoms with E-state index in [-0.39, 0.29) is 18.3 Å². The Morgan fingerprint density at radius 1 is 1.03 bits per heavy atom. The van der Waals surface area contributed by atoms with Gasteiger partial charge in [-0.25, -0.2) is 0 Å². The molecule has 0 bridgehead atoms. The van der Waals surface area contributed by atoms with E-state index in [1.165, 1.54) is 0 Å². The molecule has 2 amide bonds. The van der Waals surface area contributed by atoms with Crippen LogP contribution in [0.4, 0.5) is 0 Å². The predicted octanol–water partition coefficient (Wildman–Crippen LogP) is 3.14. The van der Waals surface area contributed by atoms with Crippen molar-refractivity contribution in [3.8, 4) is 11.5 Å². The highest BCUT2D eigenvalue weighted by Gasteiger charge is 2.09. The van der Waals surface area contributed by atoms with Crippen LogP contribution in [0, 0.1) is 0 Å². The maximum absolute atomic E-state index is 11.9. The van der Waals surface area contributed by atoms with Gasteiger partial charge in [-0.05, 0) is 76.5 Å². The summed E-state index contributed by atoms with van der Waals surface area (Å²) in [6.07, 6.45) is 0.899. The first-order valence-electron chi connectivity index (χ1n) is 8.55. The second kappa shape index (κ2) is 11.6. The maximum Gasteiger partial charge on any atom is 0.276 e. The van der Waals surface area contributed by atoms with Crippen LogP contribution in [0.5, 0.6) is 11.5 Å². The zero-order valence-corrected chi connectivity index (χ0v) is 18.6. The molecule has 0 atom stereocenters. The standard InChI is InChI=1S/C19H19BrClN3O4S/c1-2-12-3-8-16(15(20)9-12)28-10-17(25)22-19(29)24-23-18(26)11-27-14-6-4-13(21)5-7-14/h3-9H,2,10-11H2,1H3,(H,23,26)(H2,22,24,25,29). The minimum Gasteiger partial charge on any atom is -0.484 e. The number of nitrogens with one attached hydrogen (secondary N) is 3. The van der Waals surface area contributed by atoms with E-state index in [1.54, 1.807) is 30.3 Å². The number of rotatable bonds is 7. The molecule has 0 aliphatic carbocycles. The molecule has 2 aromatic rings. The van der Waals surface area contributed by atoms with Gasteiger partial charge < -0.3 is 9.47 Å². The molecule has 154 valence electrons. The number of carbonyl (C=O) groups excluding carboxylic acids is 2. The van der Waals surface area contributed by atoms with Crippen molar-refractivity contribution >= 4 is 56.7 Å².